The predicted octanol–water partition coefficient (Wildman–Crippen LogP) is 3.11. The van der Waals surface area contributed by atoms with E-state index in [9.17, 15) is 0 Å². The third-order valence-electron chi connectivity index (χ3n) is 1.14. The zero-order chi connectivity index (χ0) is 7.40. The molecule has 1 rings (SSSR count). The largest absolute Gasteiger partial charge is 0.250 e. The highest BCUT2D eigenvalue weighted by Crippen LogP contribution is 2.26. The van der Waals surface area contributed by atoms with Crippen LogP contribution in [0.15, 0.2) is 23.0 Å². The SMILES string of the molecule is C=Cc1ccsc1/N=C\C. The number of thiophene rings is 1. The van der Waals surface area contributed by atoms with Gasteiger partial charge in [0.15, 0.2) is 0 Å². The molecule has 0 aromatic carbocycles. The Morgan fingerprint density at radius 3 is 3.10 bits per heavy atom. The molecule has 1 heterocycles. The van der Waals surface area contributed by atoms with Gasteiger partial charge in [0, 0.05) is 11.8 Å². The van der Waals surface area contributed by atoms with Crippen molar-refractivity contribution in [3.63, 3.8) is 0 Å². The van der Waals surface area contributed by atoms with E-state index in [1.807, 2.05) is 24.4 Å². The molecule has 10 heavy (non-hydrogen) atoms. The lowest BCUT2D eigenvalue weighted by atomic mass is 10.3. The number of nitrogens with zero attached hydrogens (tertiary/aromatic N) is 1. The summed E-state index contributed by atoms with van der Waals surface area (Å²) in [5.74, 6) is 0. The first-order valence-corrected chi connectivity index (χ1v) is 3.95. The molecule has 0 amide bonds. The van der Waals surface area contributed by atoms with Gasteiger partial charge in [0.2, 0.25) is 0 Å². The lowest BCUT2D eigenvalue weighted by molar-refractivity contribution is 1.62. The second-order valence-electron chi connectivity index (χ2n) is 1.77. The molecule has 52 valence electrons. The normalized spacial score (nSPS) is 10.5. The van der Waals surface area contributed by atoms with Gasteiger partial charge in [-0.05, 0) is 18.4 Å². The van der Waals surface area contributed by atoms with E-state index < -0.39 is 0 Å². The van der Waals surface area contributed by atoms with Gasteiger partial charge in [0.1, 0.15) is 5.00 Å². The number of hydrogen-bond donors (Lipinski definition) is 0. The molecule has 0 fully saturated rings. The summed E-state index contributed by atoms with van der Waals surface area (Å²) in [5, 5.41) is 3.05. The molecule has 1 aromatic rings. The van der Waals surface area contributed by atoms with Gasteiger partial charge in [0.05, 0.1) is 0 Å². The van der Waals surface area contributed by atoms with E-state index >= 15 is 0 Å². The maximum absolute atomic E-state index is 4.16. The maximum atomic E-state index is 4.16. The first kappa shape index (κ1) is 7.22. The monoisotopic (exact) mass is 151 g/mol. The summed E-state index contributed by atoms with van der Waals surface area (Å²) in [6.07, 6.45) is 3.61. The second kappa shape index (κ2) is 3.32. The minimum Gasteiger partial charge on any atom is -0.250 e. The molecule has 1 aromatic heterocycles. The van der Waals surface area contributed by atoms with E-state index in [-0.39, 0.29) is 0 Å². The van der Waals surface area contributed by atoms with Gasteiger partial charge in [-0.25, -0.2) is 0 Å². The van der Waals surface area contributed by atoms with Gasteiger partial charge in [-0.3, -0.25) is 4.99 Å². The Morgan fingerprint density at radius 1 is 1.70 bits per heavy atom. The standard InChI is InChI=1S/C8H9NS/c1-3-7-5-6-10-8(7)9-4-2/h3-6H,1H2,2H3/b9-4-. The molecule has 2 heteroatoms. The maximum Gasteiger partial charge on any atom is 0.122 e. The second-order valence-corrected chi connectivity index (χ2v) is 2.67. The molecule has 0 radical (unpaired) electrons. The van der Waals surface area contributed by atoms with Crippen molar-refractivity contribution in [2.75, 3.05) is 0 Å². The molecule has 0 saturated carbocycles. The van der Waals surface area contributed by atoms with Crippen molar-refractivity contribution in [1.82, 2.24) is 0 Å². The first-order chi connectivity index (χ1) is 4.88. The van der Waals surface area contributed by atoms with Crippen LogP contribution < -0.4 is 0 Å². The van der Waals surface area contributed by atoms with Crippen LogP contribution in [0.5, 0.6) is 0 Å². The van der Waals surface area contributed by atoms with Crippen LogP contribution in [0.4, 0.5) is 5.00 Å². The summed E-state index contributed by atoms with van der Waals surface area (Å²) in [5.41, 5.74) is 1.11. The number of rotatable bonds is 2. The van der Waals surface area contributed by atoms with Gasteiger partial charge < -0.3 is 0 Å². The highest BCUT2D eigenvalue weighted by atomic mass is 32.1. The summed E-state index contributed by atoms with van der Waals surface area (Å²) in [6.45, 7) is 5.59. The van der Waals surface area contributed by atoms with Crippen molar-refractivity contribution < 1.29 is 0 Å². The number of hydrogen-bond acceptors (Lipinski definition) is 2. The Kier molecular flexibility index (Phi) is 2.40. The summed E-state index contributed by atoms with van der Waals surface area (Å²) in [4.78, 5) is 4.16. The molecule has 0 aliphatic carbocycles. The Hall–Kier alpha value is -0.890. The molecule has 0 N–H and O–H groups in total. The van der Waals surface area contributed by atoms with Crippen LogP contribution in [0.3, 0.4) is 0 Å². The fraction of sp³-hybridized carbons (Fsp3) is 0.125. The summed E-state index contributed by atoms with van der Waals surface area (Å²) in [6, 6.07) is 2.01. The highest BCUT2D eigenvalue weighted by Gasteiger charge is 1.94. The van der Waals surface area contributed by atoms with Crippen LogP contribution >= 0.6 is 11.3 Å². The zero-order valence-electron chi connectivity index (χ0n) is 5.87. The van der Waals surface area contributed by atoms with Crippen molar-refractivity contribution >= 4 is 28.6 Å². The molecule has 0 aliphatic rings. The fourth-order valence-corrected chi connectivity index (χ4v) is 1.49. The van der Waals surface area contributed by atoms with Crippen molar-refractivity contribution in [3.05, 3.63) is 23.6 Å². The van der Waals surface area contributed by atoms with Crippen LogP contribution in [0.25, 0.3) is 6.08 Å². The molecule has 0 bridgehead atoms. The molecule has 0 atom stereocenters. The van der Waals surface area contributed by atoms with Crippen molar-refractivity contribution in [2.24, 2.45) is 4.99 Å². The molecule has 1 nitrogen and oxygen atoms in total. The lowest BCUT2D eigenvalue weighted by Crippen LogP contribution is -1.61. The van der Waals surface area contributed by atoms with E-state index in [2.05, 4.69) is 11.6 Å². The quantitative estimate of drug-likeness (QED) is 0.576. The molecule has 0 unspecified atom stereocenters. The van der Waals surface area contributed by atoms with Crippen LogP contribution in [0, 0.1) is 0 Å². The third-order valence-corrected chi connectivity index (χ3v) is 1.98. The third kappa shape index (κ3) is 1.33. The molecule has 0 aliphatic heterocycles. The van der Waals surface area contributed by atoms with Crippen LogP contribution in [-0.2, 0) is 0 Å². The van der Waals surface area contributed by atoms with Gasteiger partial charge >= 0.3 is 0 Å². The Bertz CT molecular complexity index is 248. The number of aliphatic imine (C=N–C) groups is 1. The van der Waals surface area contributed by atoms with Crippen molar-refractivity contribution in [1.29, 1.82) is 0 Å². The summed E-state index contributed by atoms with van der Waals surface area (Å²) in [7, 11) is 0. The van der Waals surface area contributed by atoms with Crippen LogP contribution in [0.2, 0.25) is 0 Å². The van der Waals surface area contributed by atoms with Crippen LogP contribution in [0.1, 0.15) is 12.5 Å². The molecule has 0 saturated heterocycles. The Balaban J connectivity index is 3.00. The molecular weight excluding hydrogens is 142 g/mol. The van der Waals surface area contributed by atoms with E-state index in [0.29, 0.717) is 0 Å². The minimum atomic E-state index is 1.04. The fourth-order valence-electron chi connectivity index (χ4n) is 0.689. The van der Waals surface area contributed by atoms with Crippen LogP contribution in [-0.4, -0.2) is 6.21 Å². The van der Waals surface area contributed by atoms with Crippen molar-refractivity contribution in [3.8, 4) is 0 Å². The molecular formula is C8H9NS. The smallest absolute Gasteiger partial charge is 0.122 e. The highest BCUT2D eigenvalue weighted by molar-refractivity contribution is 7.14. The average molecular weight is 151 g/mol. The Morgan fingerprint density at radius 2 is 2.50 bits per heavy atom. The van der Waals surface area contributed by atoms with Gasteiger partial charge in [-0.15, -0.1) is 11.3 Å². The van der Waals surface area contributed by atoms with Gasteiger partial charge in [-0.2, -0.15) is 0 Å². The van der Waals surface area contributed by atoms with E-state index in [1.165, 1.54) is 0 Å². The van der Waals surface area contributed by atoms with E-state index in [4.69, 9.17) is 0 Å². The molecule has 0 spiro atoms. The summed E-state index contributed by atoms with van der Waals surface area (Å²) < 4.78 is 0. The average Bonchev–Trinajstić information content (AvgIpc) is 2.36. The summed E-state index contributed by atoms with van der Waals surface area (Å²) >= 11 is 1.63. The van der Waals surface area contributed by atoms with Gasteiger partial charge in [0.25, 0.3) is 0 Å². The van der Waals surface area contributed by atoms with E-state index in [1.54, 1.807) is 17.6 Å². The Labute approximate surface area is 64.7 Å². The lowest BCUT2D eigenvalue weighted by Gasteiger charge is -1.86. The topological polar surface area (TPSA) is 12.4 Å². The van der Waals surface area contributed by atoms with E-state index in [0.717, 1.165) is 10.6 Å². The van der Waals surface area contributed by atoms with Gasteiger partial charge in [-0.1, -0.05) is 12.7 Å². The zero-order valence-corrected chi connectivity index (χ0v) is 6.69. The predicted molar refractivity (Wildman–Crippen MR) is 48.2 cm³/mol. The minimum absolute atomic E-state index is 1.04. The first-order valence-electron chi connectivity index (χ1n) is 3.07. The van der Waals surface area contributed by atoms with Crippen molar-refractivity contribution in [2.45, 2.75) is 6.92 Å².